The smallest absolute Gasteiger partial charge is 0.128 e. The highest BCUT2D eigenvalue weighted by Crippen LogP contribution is 2.14. The number of nitrogens with zero attached hydrogens (tertiary/aromatic N) is 4. The van der Waals surface area contributed by atoms with Gasteiger partial charge in [0.15, 0.2) is 0 Å². The van der Waals surface area contributed by atoms with Crippen molar-refractivity contribution in [3.8, 4) is 0 Å². The number of likely N-dealkylation sites (N-methyl/N-ethyl adjacent to an activating group) is 1. The Kier molecular flexibility index (Phi) is 6.42. The van der Waals surface area contributed by atoms with Crippen molar-refractivity contribution in [1.82, 2.24) is 20.1 Å². The van der Waals surface area contributed by atoms with E-state index in [0.29, 0.717) is 0 Å². The Morgan fingerprint density at radius 1 is 1.19 bits per heavy atom. The van der Waals surface area contributed by atoms with Gasteiger partial charge >= 0.3 is 0 Å². The SMILES string of the molecule is CCNCc1ccc(N2CCN(CCN(C)C)CC2)nc1. The van der Waals surface area contributed by atoms with Crippen LogP contribution in [0.3, 0.4) is 0 Å². The average Bonchev–Trinajstić information content (AvgIpc) is 2.52. The number of nitrogens with one attached hydrogen (secondary N) is 1. The van der Waals surface area contributed by atoms with Crippen molar-refractivity contribution in [1.29, 1.82) is 0 Å². The molecule has 1 aliphatic heterocycles. The van der Waals surface area contributed by atoms with Crippen LogP contribution in [0.1, 0.15) is 12.5 Å². The minimum atomic E-state index is 0.905. The van der Waals surface area contributed by atoms with Crippen LogP contribution in [0, 0.1) is 0 Å². The number of hydrogen-bond acceptors (Lipinski definition) is 5. The Labute approximate surface area is 128 Å². The molecule has 1 aliphatic rings. The van der Waals surface area contributed by atoms with Crippen LogP contribution in [0.5, 0.6) is 0 Å². The molecule has 1 saturated heterocycles. The van der Waals surface area contributed by atoms with E-state index in [1.165, 1.54) is 5.56 Å². The fourth-order valence-electron chi connectivity index (χ4n) is 2.52. The molecule has 118 valence electrons. The van der Waals surface area contributed by atoms with Crippen molar-refractivity contribution in [3.63, 3.8) is 0 Å². The zero-order valence-corrected chi connectivity index (χ0v) is 13.7. The van der Waals surface area contributed by atoms with Gasteiger partial charge in [-0.2, -0.15) is 0 Å². The molecule has 0 amide bonds. The second-order valence-electron chi connectivity index (χ2n) is 5.94. The molecule has 5 heteroatoms. The molecule has 0 bridgehead atoms. The zero-order valence-electron chi connectivity index (χ0n) is 13.7. The summed E-state index contributed by atoms with van der Waals surface area (Å²) in [7, 11) is 4.27. The van der Waals surface area contributed by atoms with Crippen LogP contribution >= 0.6 is 0 Å². The Morgan fingerprint density at radius 2 is 1.95 bits per heavy atom. The normalized spacial score (nSPS) is 16.7. The predicted octanol–water partition coefficient (Wildman–Crippen LogP) is 0.875. The molecule has 1 N–H and O–H groups in total. The molecular formula is C16H29N5. The molecule has 0 atom stereocenters. The van der Waals surface area contributed by atoms with Gasteiger partial charge in [0.2, 0.25) is 0 Å². The second-order valence-corrected chi connectivity index (χ2v) is 5.94. The number of pyridine rings is 1. The predicted molar refractivity (Wildman–Crippen MR) is 88.8 cm³/mol. The van der Waals surface area contributed by atoms with Crippen molar-refractivity contribution in [3.05, 3.63) is 23.9 Å². The summed E-state index contributed by atoms with van der Waals surface area (Å²) in [6.45, 7) is 10.7. The molecule has 1 fully saturated rings. The van der Waals surface area contributed by atoms with Gasteiger partial charge in [0.05, 0.1) is 0 Å². The van der Waals surface area contributed by atoms with E-state index in [-0.39, 0.29) is 0 Å². The number of piperazine rings is 1. The van der Waals surface area contributed by atoms with Gasteiger partial charge in [-0.1, -0.05) is 13.0 Å². The first-order valence-corrected chi connectivity index (χ1v) is 7.96. The third-order valence-corrected chi connectivity index (χ3v) is 3.95. The van der Waals surface area contributed by atoms with Crippen molar-refractivity contribution in [2.75, 3.05) is 64.8 Å². The van der Waals surface area contributed by atoms with E-state index in [1.54, 1.807) is 0 Å². The van der Waals surface area contributed by atoms with Gasteiger partial charge in [-0.15, -0.1) is 0 Å². The minimum absolute atomic E-state index is 0.905. The van der Waals surface area contributed by atoms with Crippen molar-refractivity contribution in [2.45, 2.75) is 13.5 Å². The Balaban J connectivity index is 1.79. The molecule has 5 nitrogen and oxygen atoms in total. The zero-order chi connectivity index (χ0) is 15.1. The first kappa shape index (κ1) is 16.2. The molecule has 0 radical (unpaired) electrons. The van der Waals surface area contributed by atoms with E-state index < -0.39 is 0 Å². The number of rotatable bonds is 7. The summed E-state index contributed by atoms with van der Waals surface area (Å²) < 4.78 is 0. The maximum Gasteiger partial charge on any atom is 0.128 e. The van der Waals surface area contributed by atoms with Crippen LogP contribution < -0.4 is 10.2 Å². The molecule has 0 spiro atoms. The topological polar surface area (TPSA) is 34.6 Å². The van der Waals surface area contributed by atoms with E-state index in [1.807, 2.05) is 6.20 Å². The third-order valence-electron chi connectivity index (χ3n) is 3.95. The van der Waals surface area contributed by atoms with Crippen LogP contribution in [0.4, 0.5) is 5.82 Å². The van der Waals surface area contributed by atoms with Gasteiger partial charge in [-0.25, -0.2) is 4.98 Å². The lowest BCUT2D eigenvalue weighted by Gasteiger charge is -2.35. The summed E-state index contributed by atoms with van der Waals surface area (Å²) in [5, 5.41) is 3.33. The summed E-state index contributed by atoms with van der Waals surface area (Å²) in [6.07, 6.45) is 2.00. The monoisotopic (exact) mass is 291 g/mol. The van der Waals surface area contributed by atoms with E-state index in [2.05, 4.69) is 58.2 Å². The first-order valence-electron chi connectivity index (χ1n) is 7.96. The van der Waals surface area contributed by atoms with Crippen LogP contribution in [0.15, 0.2) is 18.3 Å². The van der Waals surface area contributed by atoms with E-state index in [4.69, 9.17) is 0 Å². The van der Waals surface area contributed by atoms with Crippen LogP contribution in [0.25, 0.3) is 0 Å². The lowest BCUT2D eigenvalue weighted by atomic mass is 10.2. The van der Waals surface area contributed by atoms with Gasteiger partial charge in [0, 0.05) is 52.0 Å². The fraction of sp³-hybridized carbons (Fsp3) is 0.688. The summed E-state index contributed by atoms with van der Waals surface area (Å²) >= 11 is 0. The van der Waals surface area contributed by atoms with E-state index in [0.717, 1.165) is 58.2 Å². The highest BCUT2D eigenvalue weighted by molar-refractivity contribution is 5.39. The van der Waals surface area contributed by atoms with Gasteiger partial charge in [-0.3, -0.25) is 4.90 Å². The number of hydrogen-bond donors (Lipinski definition) is 1. The quantitative estimate of drug-likeness (QED) is 0.806. The van der Waals surface area contributed by atoms with Crippen molar-refractivity contribution in [2.24, 2.45) is 0 Å². The van der Waals surface area contributed by atoms with Gasteiger partial charge in [0.1, 0.15) is 5.82 Å². The largest absolute Gasteiger partial charge is 0.354 e. The second kappa shape index (κ2) is 8.32. The molecule has 21 heavy (non-hydrogen) atoms. The molecule has 1 aromatic heterocycles. The lowest BCUT2D eigenvalue weighted by molar-refractivity contribution is 0.229. The maximum absolute atomic E-state index is 4.61. The summed E-state index contributed by atoms with van der Waals surface area (Å²) in [6, 6.07) is 4.34. The van der Waals surface area contributed by atoms with Crippen LogP contribution in [0.2, 0.25) is 0 Å². The highest BCUT2D eigenvalue weighted by Gasteiger charge is 2.17. The number of anilines is 1. The molecule has 0 unspecified atom stereocenters. The van der Waals surface area contributed by atoms with Crippen molar-refractivity contribution >= 4 is 5.82 Å². The summed E-state index contributed by atoms with van der Waals surface area (Å²) in [5.74, 6) is 1.11. The van der Waals surface area contributed by atoms with Crippen LogP contribution in [-0.2, 0) is 6.54 Å². The molecule has 2 rings (SSSR count). The Bertz CT molecular complexity index is 396. The van der Waals surface area contributed by atoms with Crippen LogP contribution in [-0.4, -0.2) is 74.7 Å². The van der Waals surface area contributed by atoms with E-state index >= 15 is 0 Å². The first-order chi connectivity index (χ1) is 10.2. The van der Waals surface area contributed by atoms with Gasteiger partial charge < -0.3 is 15.1 Å². The molecular weight excluding hydrogens is 262 g/mol. The standard InChI is InChI=1S/C16H29N5/c1-4-17-13-15-5-6-16(18-14-15)21-11-9-20(10-12-21)8-7-19(2)3/h5-6,14,17H,4,7-13H2,1-3H3. The molecule has 1 aromatic rings. The minimum Gasteiger partial charge on any atom is -0.354 e. The summed E-state index contributed by atoms with van der Waals surface area (Å²) in [4.78, 5) is 11.8. The Hall–Kier alpha value is -1.17. The number of aromatic nitrogens is 1. The van der Waals surface area contributed by atoms with Gasteiger partial charge in [0.25, 0.3) is 0 Å². The molecule has 2 heterocycles. The fourth-order valence-corrected chi connectivity index (χ4v) is 2.52. The highest BCUT2D eigenvalue weighted by atomic mass is 15.3. The summed E-state index contributed by atoms with van der Waals surface area (Å²) in [5.41, 5.74) is 1.25. The molecule has 0 aromatic carbocycles. The van der Waals surface area contributed by atoms with Crippen molar-refractivity contribution < 1.29 is 0 Å². The van der Waals surface area contributed by atoms with E-state index in [9.17, 15) is 0 Å². The average molecular weight is 291 g/mol. The lowest BCUT2D eigenvalue weighted by Crippen LogP contribution is -2.48. The molecule has 0 aliphatic carbocycles. The molecule has 0 saturated carbocycles. The Morgan fingerprint density at radius 3 is 2.52 bits per heavy atom. The van der Waals surface area contributed by atoms with Gasteiger partial charge in [-0.05, 0) is 32.3 Å². The third kappa shape index (κ3) is 5.26. The maximum atomic E-state index is 4.61.